The third-order valence-corrected chi connectivity index (χ3v) is 3.63. The van der Waals surface area contributed by atoms with Crippen LogP contribution < -0.4 is 5.32 Å². The molecule has 1 atom stereocenters. The number of rotatable bonds is 7. The van der Waals surface area contributed by atoms with E-state index in [-0.39, 0.29) is 0 Å². The van der Waals surface area contributed by atoms with Crippen LogP contribution in [0.1, 0.15) is 32.5 Å². The summed E-state index contributed by atoms with van der Waals surface area (Å²) in [5, 5.41) is 3.55. The van der Waals surface area contributed by atoms with Gasteiger partial charge in [0.1, 0.15) is 5.82 Å². The van der Waals surface area contributed by atoms with Crippen LogP contribution in [0.4, 0.5) is 0 Å². The van der Waals surface area contributed by atoms with Crippen LogP contribution in [0.15, 0.2) is 24.3 Å². The summed E-state index contributed by atoms with van der Waals surface area (Å²) in [7, 11) is 0. The monoisotopic (exact) mass is 259 g/mol. The zero-order valence-corrected chi connectivity index (χ0v) is 12.3. The van der Waals surface area contributed by atoms with Crippen molar-refractivity contribution in [1.29, 1.82) is 0 Å². The highest BCUT2D eigenvalue weighted by molar-refractivity contribution is 5.75. The number of imidazole rings is 1. The van der Waals surface area contributed by atoms with Gasteiger partial charge in [-0.3, -0.25) is 0 Å². The third kappa shape index (κ3) is 3.57. The van der Waals surface area contributed by atoms with Gasteiger partial charge in [0.2, 0.25) is 0 Å². The predicted octanol–water partition coefficient (Wildman–Crippen LogP) is 3.37. The lowest BCUT2D eigenvalue weighted by molar-refractivity contribution is 0.465. The minimum atomic E-state index is 0.769. The molecule has 0 bridgehead atoms. The van der Waals surface area contributed by atoms with Crippen LogP contribution in [-0.2, 0) is 6.54 Å². The molecule has 0 saturated heterocycles. The number of hydrogen-bond donors (Lipinski definition) is 1. The molecule has 0 radical (unpaired) electrons. The standard InChI is InChI=1S/C16H25N3/c1-4-7-13(2)12-17-10-11-19-14(3)18-15-8-5-6-9-16(15)19/h5-6,8-9,13,17H,4,7,10-12H2,1-3H3. The maximum atomic E-state index is 4.59. The maximum Gasteiger partial charge on any atom is 0.106 e. The average molecular weight is 259 g/mol. The number of nitrogens with one attached hydrogen (secondary N) is 1. The topological polar surface area (TPSA) is 29.9 Å². The summed E-state index contributed by atoms with van der Waals surface area (Å²) >= 11 is 0. The van der Waals surface area contributed by atoms with Crippen LogP contribution in [0.2, 0.25) is 0 Å². The molecule has 3 heteroatoms. The van der Waals surface area contributed by atoms with Gasteiger partial charge in [0.15, 0.2) is 0 Å². The molecular weight excluding hydrogens is 234 g/mol. The Labute approximate surface area is 116 Å². The average Bonchev–Trinajstić information content (AvgIpc) is 2.71. The Morgan fingerprint density at radius 2 is 2.11 bits per heavy atom. The van der Waals surface area contributed by atoms with E-state index in [4.69, 9.17) is 0 Å². The summed E-state index contributed by atoms with van der Waals surface area (Å²) in [4.78, 5) is 4.59. The van der Waals surface area contributed by atoms with E-state index in [1.165, 1.54) is 18.4 Å². The molecule has 1 aromatic heterocycles. The van der Waals surface area contributed by atoms with Gasteiger partial charge in [-0.1, -0.05) is 32.4 Å². The van der Waals surface area contributed by atoms with E-state index >= 15 is 0 Å². The van der Waals surface area contributed by atoms with E-state index in [0.29, 0.717) is 0 Å². The summed E-state index contributed by atoms with van der Waals surface area (Å²) in [6.45, 7) is 9.76. The molecule has 0 saturated carbocycles. The summed E-state index contributed by atoms with van der Waals surface area (Å²) < 4.78 is 2.30. The SMILES string of the molecule is CCCC(C)CNCCn1c(C)nc2ccccc21. The molecule has 0 spiro atoms. The highest BCUT2D eigenvalue weighted by atomic mass is 15.1. The Bertz CT molecular complexity index is 516. The fourth-order valence-corrected chi connectivity index (χ4v) is 2.61. The zero-order valence-electron chi connectivity index (χ0n) is 12.3. The summed E-state index contributed by atoms with van der Waals surface area (Å²) in [6, 6.07) is 8.35. The van der Waals surface area contributed by atoms with Gasteiger partial charge in [0.25, 0.3) is 0 Å². The van der Waals surface area contributed by atoms with Gasteiger partial charge in [0, 0.05) is 13.1 Å². The second-order valence-electron chi connectivity index (χ2n) is 5.40. The lowest BCUT2D eigenvalue weighted by Crippen LogP contribution is -2.25. The van der Waals surface area contributed by atoms with Crippen LogP contribution >= 0.6 is 0 Å². The Balaban J connectivity index is 1.89. The van der Waals surface area contributed by atoms with Crippen LogP contribution in [0.25, 0.3) is 11.0 Å². The summed E-state index contributed by atoms with van der Waals surface area (Å²) in [5.41, 5.74) is 2.34. The highest BCUT2D eigenvalue weighted by Crippen LogP contribution is 2.14. The Hall–Kier alpha value is -1.35. The summed E-state index contributed by atoms with van der Waals surface area (Å²) in [6.07, 6.45) is 2.58. The first-order chi connectivity index (χ1) is 9.22. The number of aryl methyl sites for hydroxylation is 1. The second-order valence-corrected chi connectivity index (χ2v) is 5.40. The van der Waals surface area contributed by atoms with Gasteiger partial charge in [-0.15, -0.1) is 0 Å². The largest absolute Gasteiger partial charge is 0.327 e. The Morgan fingerprint density at radius 3 is 2.89 bits per heavy atom. The van der Waals surface area contributed by atoms with E-state index < -0.39 is 0 Å². The molecule has 2 aromatic rings. The fourth-order valence-electron chi connectivity index (χ4n) is 2.61. The second kappa shape index (κ2) is 6.71. The molecule has 1 heterocycles. The third-order valence-electron chi connectivity index (χ3n) is 3.63. The lowest BCUT2D eigenvalue weighted by Gasteiger charge is -2.12. The highest BCUT2D eigenvalue weighted by Gasteiger charge is 2.06. The van der Waals surface area contributed by atoms with Gasteiger partial charge in [-0.05, 0) is 37.9 Å². The van der Waals surface area contributed by atoms with Crippen LogP contribution in [-0.4, -0.2) is 22.6 Å². The first kappa shape index (κ1) is 14.1. The van der Waals surface area contributed by atoms with Gasteiger partial charge in [0.05, 0.1) is 11.0 Å². The lowest BCUT2D eigenvalue weighted by atomic mass is 10.1. The molecule has 0 aliphatic carbocycles. The van der Waals surface area contributed by atoms with Crippen molar-refractivity contribution in [1.82, 2.24) is 14.9 Å². The molecule has 2 rings (SSSR count). The smallest absolute Gasteiger partial charge is 0.106 e. The van der Waals surface area contributed by atoms with Crippen molar-refractivity contribution >= 4 is 11.0 Å². The van der Waals surface area contributed by atoms with Crippen molar-refractivity contribution in [3.8, 4) is 0 Å². The van der Waals surface area contributed by atoms with Crippen molar-refractivity contribution in [3.05, 3.63) is 30.1 Å². The van der Waals surface area contributed by atoms with Crippen LogP contribution in [0.3, 0.4) is 0 Å². The number of fused-ring (bicyclic) bond motifs is 1. The molecule has 1 aromatic carbocycles. The van der Waals surface area contributed by atoms with Crippen LogP contribution in [0.5, 0.6) is 0 Å². The van der Waals surface area contributed by atoms with E-state index in [2.05, 4.69) is 53.8 Å². The maximum absolute atomic E-state index is 4.59. The Morgan fingerprint density at radius 1 is 1.32 bits per heavy atom. The van der Waals surface area contributed by atoms with Gasteiger partial charge in [-0.2, -0.15) is 0 Å². The molecule has 0 fully saturated rings. The minimum Gasteiger partial charge on any atom is -0.327 e. The van der Waals surface area contributed by atoms with Crippen molar-refractivity contribution in [2.45, 2.75) is 40.2 Å². The number of benzene rings is 1. The van der Waals surface area contributed by atoms with Crippen molar-refractivity contribution in [3.63, 3.8) is 0 Å². The molecule has 3 nitrogen and oxygen atoms in total. The van der Waals surface area contributed by atoms with Crippen molar-refractivity contribution in [2.24, 2.45) is 5.92 Å². The zero-order chi connectivity index (χ0) is 13.7. The first-order valence-corrected chi connectivity index (χ1v) is 7.35. The molecule has 0 aliphatic rings. The van der Waals surface area contributed by atoms with E-state index in [1.54, 1.807) is 0 Å². The fraction of sp³-hybridized carbons (Fsp3) is 0.562. The Kier molecular flexibility index (Phi) is 4.97. The molecule has 1 unspecified atom stereocenters. The molecule has 104 valence electrons. The van der Waals surface area contributed by atoms with E-state index in [1.807, 2.05) is 6.07 Å². The van der Waals surface area contributed by atoms with Crippen LogP contribution in [0, 0.1) is 12.8 Å². The number of nitrogens with zero attached hydrogens (tertiary/aromatic N) is 2. The summed E-state index contributed by atoms with van der Waals surface area (Å²) in [5.74, 6) is 1.87. The number of hydrogen-bond acceptors (Lipinski definition) is 2. The molecule has 0 amide bonds. The van der Waals surface area contributed by atoms with E-state index in [9.17, 15) is 0 Å². The molecular formula is C16H25N3. The molecule has 0 aliphatic heterocycles. The minimum absolute atomic E-state index is 0.769. The van der Waals surface area contributed by atoms with Gasteiger partial charge >= 0.3 is 0 Å². The number of aromatic nitrogens is 2. The molecule has 19 heavy (non-hydrogen) atoms. The van der Waals surface area contributed by atoms with Crippen molar-refractivity contribution < 1.29 is 0 Å². The van der Waals surface area contributed by atoms with Gasteiger partial charge < -0.3 is 9.88 Å². The van der Waals surface area contributed by atoms with Crippen molar-refractivity contribution in [2.75, 3.05) is 13.1 Å². The number of para-hydroxylation sites is 2. The van der Waals surface area contributed by atoms with Gasteiger partial charge in [-0.25, -0.2) is 4.98 Å². The molecule has 1 N–H and O–H groups in total. The predicted molar refractivity (Wildman–Crippen MR) is 81.4 cm³/mol. The van der Waals surface area contributed by atoms with E-state index in [0.717, 1.165) is 36.9 Å². The first-order valence-electron chi connectivity index (χ1n) is 7.35. The normalized spacial score (nSPS) is 13.0. The quantitative estimate of drug-likeness (QED) is 0.773.